The van der Waals surface area contributed by atoms with Crippen molar-refractivity contribution in [2.75, 3.05) is 19.8 Å². The Balaban J connectivity index is 1.62. The molecule has 4 unspecified atom stereocenters. The smallest absolute Gasteiger partial charge is 0.458 e. The number of halogens is 1. The van der Waals surface area contributed by atoms with Crippen LogP contribution in [0.5, 0.6) is 5.75 Å². The van der Waals surface area contributed by atoms with E-state index in [9.17, 15) is 18.9 Å². The van der Waals surface area contributed by atoms with E-state index in [0.29, 0.717) is 12.2 Å². The number of para-hydroxylation sites is 1. The van der Waals surface area contributed by atoms with Crippen molar-refractivity contribution in [2.45, 2.75) is 38.0 Å². The summed E-state index contributed by atoms with van der Waals surface area (Å²) in [7, 11) is -3.89. The van der Waals surface area contributed by atoms with Crippen LogP contribution in [0.2, 0.25) is 0 Å². The Morgan fingerprint density at radius 1 is 1.29 bits per heavy atom. The van der Waals surface area contributed by atoms with Crippen LogP contribution in [0.15, 0.2) is 52.2 Å². The lowest BCUT2D eigenvalue weighted by Crippen LogP contribution is -2.34. The zero-order valence-electron chi connectivity index (χ0n) is 18.7. The molecule has 186 valence electrons. The van der Waals surface area contributed by atoms with Crippen molar-refractivity contribution in [3.63, 3.8) is 0 Å². The highest BCUT2D eigenvalue weighted by Gasteiger charge is 2.38. The van der Waals surface area contributed by atoms with Crippen LogP contribution in [-0.2, 0) is 23.4 Å². The first-order valence-corrected chi connectivity index (χ1v) is 12.7. The quantitative estimate of drug-likeness (QED) is 0.200. The lowest BCUT2D eigenvalue weighted by Gasteiger charge is -2.22. The molecule has 0 saturated carbocycles. The fourth-order valence-corrected chi connectivity index (χ4v) is 4.80. The normalized spacial score (nSPS) is 21.8. The van der Waals surface area contributed by atoms with Crippen molar-refractivity contribution in [3.05, 3.63) is 63.4 Å². The van der Waals surface area contributed by atoms with E-state index in [-0.39, 0.29) is 31.6 Å². The number of alkyl halides is 1. The van der Waals surface area contributed by atoms with E-state index in [1.54, 1.807) is 44.2 Å². The molecule has 3 rings (SSSR count). The van der Waals surface area contributed by atoms with Crippen molar-refractivity contribution in [1.82, 2.24) is 14.6 Å². The first kappa shape index (κ1) is 26.2. The van der Waals surface area contributed by atoms with Crippen molar-refractivity contribution in [1.29, 1.82) is 0 Å². The summed E-state index contributed by atoms with van der Waals surface area (Å²) >= 11 is 6.36. The Morgan fingerprint density at radius 2 is 2.03 bits per heavy atom. The number of aromatic amines is 1. The number of ether oxygens (including phenoxy) is 2. The molecule has 0 bridgehead atoms. The lowest BCUT2D eigenvalue weighted by molar-refractivity contribution is -0.147. The Hall–Kier alpha value is -2.43. The number of hydrogen-bond donors (Lipinski definition) is 2. The SMILES string of the molecule is CC(C)C(=O)OCCNP(=O)(OCC1CC(Cl)C(n2ccc(=O)[nH]c2=O)O1)Oc1ccccc1. The topological polar surface area (TPSA) is 138 Å². The van der Waals surface area contributed by atoms with Gasteiger partial charge in [0.2, 0.25) is 0 Å². The molecule has 2 aromatic rings. The van der Waals surface area contributed by atoms with Gasteiger partial charge in [0.25, 0.3) is 5.56 Å². The molecule has 2 N–H and O–H groups in total. The van der Waals surface area contributed by atoms with Crippen LogP contribution in [0.4, 0.5) is 0 Å². The maximum absolute atomic E-state index is 13.4. The molecule has 1 aromatic heterocycles. The maximum atomic E-state index is 13.4. The third kappa shape index (κ3) is 7.28. The third-order valence-electron chi connectivity index (χ3n) is 4.78. The van der Waals surface area contributed by atoms with E-state index >= 15 is 0 Å². The molecule has 0 aliphatic carbocycles. The summed E-state index contributed by atoms with van der Waals surface area (Å²) < 4.78 is 36.6. The van der Waals surface area contributed by atoms with Gasteiger partial charge in [-0.25, -0.2) is 14.4 Å². The van der Waals surface area contributed by atoms with Crippen LogP contribution < -0.4 is 20.9 Å². The van der Waals surface area contributed by atoms with Crippen molar-refractivity contribution in [2.24, 2.45) is 5.92 Å². The van der Waals surface area contributed by atoms with E-state index < -0.39 is 36.7 Å². The minimum atomic E-state index is -3.89. The highest BCUT2D eigenvalue weighted by Crippen LogP contribution is 2.45. The Kier molecular flexibility index (Phi) is 9.10. The molecular formula is C21H27ClN3O8P. The van der Waals surface area contributed by atoms with Gasteiger partial charge in [0.1, 0.15) is 12.4 Å². The first-order chi connectivity index (χ1) is 16.2. The average Bonchev–Trinajstić information content (AvgIpc) is 3.16. The van der Waals surface area contributed by atoms with Gasteiger partial charge < -0.3 is 14.0 Å². The predicted molar refractivity (Wildman–Crippen MR) is 124 cm³/mol. The van der Waals surface area contributed by atoms with Crippen LogP contribution in [0.1, 0.15) is 26.5 Å². The fourth-order valence-electron chi connectivity index (χ4n) is 3.09. The summed E-state index contributed by atoms with van der Waals surface area (Å²) in [6.45, 7) is 3.27. The average molecular weight is 516 g/mol. The number of carbonyl (C=O) groups excluding carboxylic acids is 1. The molecule has 1 aromatic carbocycles. The molecule has 1 aliphatic rings. The molecule has 1 fully saturated rings. The summed E-state index contributed by atoms with van der Waals surface area (Å²) in [5.41, 5.74) is -1.19. The molecule has 1 aliphatic heterocycles. The molecule has 4 atom stereocenters. The number of H-pyrrole nitrogens is 1. The van der Waals surface area contributed by atoms with Crippen molar-refractivity contribution in [3.8, 4) is 5.75 Å². The zero-order valence-corrected chi connectivity index (χ0v) is 20.4. The highest BCUT2D eigenvalue weighted by atomic mass is 35.5. The third-order valence-corrected chi connectivity index (χ3v) is 6.72. The molecule has 0 amide bonds. The number of nitrogens with one attached hydrogen (secondary N) is 2. The molecular weight excluding hydrogens is 489 g/mol. The van der Waals surface area contributed by atoms with E-state index in [2.05, 4.69) is 10.1 Å². The number of hydrogen-bond acceptors (Lipinski definition) is 8. The van der Waals surface area contributed by atoms with E-state index in [0.717, 1.165) is 0 Å². The highest BCUT2D eigenvalue weighted by molar-refractivity contribution is 7.52. The second-order valence-corrected chi connectivity index (χ2v) is 10.2. The van der Waals surface area contributed by atoms with Crippen LogP contribution in [-0.4, -0.2) is 46.8 Å². The molecule has 13 heteroatoms. The minimum Gasteiger partial charge on any atom is -0.464 e. The summed E-state index contributed by atoms with van der Waals surface area (Å²) in [5, 5.41) is 2.09. The number of aromatic nitrogens is 2. The van der Waals surface area contributed by atoms with Crippen molar-refractivity contribution >= 4 is 25.3 Å². The van der Waals surface area contributed by atoms with Gasteiger partial charge in [-0.3, -0.25) is 23.7 Å². The standard InChI is InChI=1S/C21H27ClN3O8P/c1-14(2)20(27)30-11-9-23-34(29,33-15-6-4-3-5-7-15)31-13-16-12-17(22)19(32-16)25-10-8-18(26)24-21(25)28/h3-8,10,14,16-17,19H,9,11-13H2,1-2H3,(H,23,29)(H,24,26,28). The van der Waals surface area contributed by atoms with Gasteiger partial charge >= 0.3 is 19.4 Å². The van der Waals surface area contributed by atoms with Gasteiger partial charge in [-0.2, -0.15) is 0 Å². The summed E-state index contributed by atoms with van der Waals surface area (Å²) in [4.78, 5) is 37.1. The van der Waals surface area contributed by atoms with E-state index in [1.165, 1.54) is 16.8 Å². The van der Waals surface area contributed by atoms with Gasteiger partial charge in [-0.05, 0) is 18.6 Å². The molecule has 0 radical (unpaired) electrons. The van der Waals surface area contributed by atoms with E-state index in [4.69, 9.17) is 30.1 Å². The second kappa shape index (κ2) is 11.8. The van der Waals surface area contributed by atoms with Gasteiger partial charge in [-0.1, -0.05) is 32.0 Å². The van der Waals surface area contributed by atoms with Gasteiger partial charge in [0.15, 0.2) is 6.23 Å². The number of carbonyl (C=O) groups is 1. The number of esters is 1. The van der Waals surface area contributed by atoms with Gasteiger partial charge in [0.05, 0.1) is 24.0 Å². The van der Waals surface area contributed by atoms with E-state index in [1.807, 2.05) is 0 Å². The van der Waals surface area contributed by atoms with Gasteiger partial charge in [0, 0.05) is 18.8 Å². The predicted octanol–water partition coefficient (Wildman–Crippen LogP) is 2.42. The molecule has 34 heavy (non-hydrogen) atoms. The summed E-state index contributed by atoms with van der Waals surface area (Å²) in [6, 6.07) is 9.65. The number of nitrogens with zero attached hydrogens (tertiary/aromatic N) is 1. The summed E-state index contributed by atoms with van der Waals surface area (Å²) in [6.07, 6.45) is 0.167. The summed E-state index contributed by atoms with van der Waals surface area (Å²) in [5.74, 6) is -0.343. The minimum absolute atomic E-state index is 0.0244. The number of rotatable bonds is 11. The molecule has 0 spiro atoms. The zero-order chi connectivity index (χ0) is 24.7. The molecule has 11 nitrogen and oxygen atoms in total. The Bertz CT molecular complexity index is 1120. The van der Waals surface area contributed by atoms with Crippen LogP contribution in [0.3, 0.4) is 0 Å². The van der Waals surface area contributed by atoms with Gasteiger partial charge in [-0.15, -0.1) is 11.6 Å². The molecule has 1 saturated heterocycles. The van der Waals surface area contributed by atoms with Crippen LogP contribution >= 0.6 is 19.3 Å². The monoisotopic (exact) mass is 515 g/mol. The van der Waals surface area contributed by atoms with Crippen molar-refractivity contribution < 1.29 is 27.9 Å². The molecule has 2 heterocycles. The first-order valence-electron chi connectivity index (χ1n) is 10.7. The second-order valence-electron chi connectivity index (χ2n) is 7.85. The van der Waals surface area contributed by atoms with Crippen LogP contribution in [0, 0.1) is 5.92 Å². The maximum Gasteiger partial charge on any atom is 0.458 e. The Labute approximate surface area is 200 Å². The Morgan fingerprint density at radius 3 is 2.71 bits per heavy atom. The number of benzene rings is 1. The lowest BCUT2D eigenvalue weighted by atomic mass is 10.2. The fraction of sp³-hybridized carbons (Fsp3) is 0.476. The van der Waals surface area contributed by atoms with Crippen LogP contribution in [0.25, 0.3) is 0 Å². The largest absolute Gasteiger partial charge is 0.464 e.